The van der Waals surface area contributed by atoms with E-state index in [0.29, 0.717) is 11.3 Å². The first-order valence-corrected chi connectivity index (χ1v) is 7.12. The normalized spacial score (nSPS) is 29.2. The molecule has 0 atom stereocenters. The molecule has 106 valence electrons. The summed E-state index contributed by atoms with van der Waals surface area (Å²) in [6, 6.07) is 0.284. The highest BCUT2D eigenvalue weighted by molar-refractivity contribution is 5.68. The van der Waals surface area contributed by atoms with Gasteiger partial charge in [0.1, 0.15) is 5.60 Å². The molecule has 0 heterocycles. The zero-order valence-electron chi connectivity index (χ0n) is 12.8. The lowest BCUT2D eigenvalue weighted by Crippen LogP contribution is -2.43. The van der Waals surface area contributed by atoms with Crippen molar-refractivity contribution < 1.29 is 9.53 Å². The van der Waals surface area contributed by atoms with E-state index < -0.39 is 5.60 Å². The number of hydrogen-bond acceptors (Lipinski definition) is 2. The van der Waals surface area contributed by atoms with Crippen LogP contribution in [0.25, 0.3) is 0 Å². The third kappa shape index (κ3) is 4.51. The summed E-state index contributed by atoms with van der Waals surface area (Å²) in [6.45, 7) is 12.6. The SMILES string of the molecule is CC(C)C1(C)CCC(NC(=O)OC(C)(C)C)CC1. The van der Waals surface area contributed by atoms with Crippen molar-refractivity contribution in [3.05, 3.63) is 0 Å². The summed E-state index contributed by atoms with van der Waals surface area (Å²) < 4.78 is 5.29. The number of nitrogens with one attached hydrogen (secondary N) is 1. The average Bonchev–Trinajstić information content (AvgIpc) is 2.18. The maximum Gasteiger partial charge on any atom is 0.407 e. The topological polar surface area (TPSA) is 38.3 Å². The molecule has 0 unspecified atom stereocenters. The zero-order valence-corrected chi connectivity index (χ0v) is 12.8. The van der Waals surface area contributed by atoms with Crippen LogP contribution in [0.5, 0.6) is 0 Å². The van der Waals surface area contributed by atoms with Crippen LogP contribution in [0.3, 0.4) is 0 Å². The largest absolute Gasteiger partial charge is 0.444 e. The second-order valence-corrected chi connectivity index (χ2v) is 7.23. The van der Waals surface area contributed by atoms with Crippen LogP contribution in [0.2, 0.25) is 0 Å². The van der Waals surface area contributed by atoms with Crippen molar-refractivity contribution in [2.45, 2.75) is 78.9 Å². The monoisotopic (exact) mass is 255 g/mol. The molecule has 1 rings (SSSR count). The molecule has 1 fully saturated rings. The van der Waals surface area contributed by atoms with E-state index in [1.54, 1.807) is 0 Å². The number of amides is 1. The first-order chi connectivity index (χ1) is 8.12. The smallest absolute Gasteiger partial charge is 0.407 e. The fourth-order valence-electron chi connectivity index (χ4n) is 2.47. The van der Waals surface area contributed by atoms with Crippen LogP contribution in [0, 0.1) is 11.3 Å². The van der Waals surface area contributed by atoms with Crippen LogP contribution >= 0.6 is 0 Å². The van der Waals surface area contributed by atoms with Gasteiger partial charge in [0.15, 0.2) is 0 Å². The van der Waals surface area contributed by atoms with Crippen LogP contribution in [0.15, 0.2) is 0 Å². The van der Waals surface area contributed by atoms with E-state index >= 15 is 0 Å². The van der Waals surface area contributed by atoms with Crippen molar-refractivity contribution in [2.24, 2.45) is 11.3 Å². The standard InChI is InChI=1S/C15H29NO2/c1-11(2)15(6)9-7-12(8-10-15)16-13(17)18-14(3,4)5/h11-12H,7-10H2,1-6H3,(H,16,17). The van der Waals surface area contributed by atoms with E-state index in [0.717, 1.165) is 12.8 Å². The molecular weight excluding hydrogens is 226 g/mol. The minimum Gasteiger partial charge on any atom is -0.444 e. The van der Waals surface area contributed by atoms with Crippen molar-refractivity contribution in [2.75, 3.05) is 0 Å². The minimum absolute atomic E-state index is 0.277. The maximum absolute atomic E-state index is 11.7. The highest BCUT2D eigenvalue weighted by atomic mass is 16.6. The second-order valence-electron chi connectivity index (χ2n) is 7.23. The molecule has 0 bridgehead atoms. The Labute approximate surface area is 112 Å². The van der Waals surface area contributed by atoms with Gasteiger partial charge >= 0.3 is 6.09 Å². The van der Waals surface area contributed by atoms with Gasteiger partial charge in [0.25, 0.3) is 0 Å². The van der Waals surface area contributed by atoms with Crippen LogP contribution in [-0.4, -0.2) is 17.7 Å². The minimum atomic E-state index is -0.412. The summed E-state index contributed by atoms with van der Waals surface area (Å²) in [5.74, 6) is 0.708. The molecule has 0 spiro atoms. The molecule has 0 aromatic carbocycles. The third-order valence-electron chi connectivity index (χ3n) is 4.24. The lowest BCUT2D eigenvalue weighted by molar-refractivity contribution is 0.0454. The summed E-state index contributed by atoms with van der Waals surface area (Å²) in [6.07, 6.45) is 4.22. The van der Waals surface area contributed by atoms with E-state index in [9.17, 15) is 4.79 Å². The lowest BCUT2D eigenvalue weighted by Gasteiger charge is -2.40. The Morgan fingerprint density at radius 2 is 1.78 bits per heavy atom. The first kappa shape index (κ1) is 15.3. The molecule has 1 aliphatic carbocycles. The van der Waals surface area contributed by atoms with Gasteiger partial charge in [0, 0.05) is 6.04 Å². The summed E-state index contributed by atoms with van der Waals surface area (Å²) in [5.41, 5.74) is 0.0251. The molecule has 18 heavy (non-hydrogen) atoms. The van der Waals surface area contributed by atoms with Gasteiger partial charge in [-0.3, -0.25) is 0 Å². The average molecular weight is 255 g/mol. The van der Waals surface area contributed by atoms with Crippen molar-refractivity contribution in [3.8, 4) is 0 Å². The van der Waals surface area contributed by atoms with Crippen LogP contribution < -0.4 is 5.32 Å². The molecule has 0 aromatic rings. The highest BCUT2D eigenvalue weighted by Crippen LogP contribution is 2.41. The van der Waals surface area contributed by atoms with Crippen LogP contribution in [0.1, 0.15) is 67.2 Å². The zero-order chi connectivity index (χ0) is 14.0. The van der Waals surface area contributed by atoms with E-state index in [-0.39, 0.29) is 12.1 Å². The first-order valence-electron chi connectivity index (χ1n) is 7.12. The molecule has 0 saturated heterocycles. The highest BCUT2D eigenvalue weighted by Gasteiger charge is 2.34. The van der Waals surface area contributed by atoms with Gasteiger partial charge in [-0.05, 0) is 57.8 Å². The molecule has 0 radical (unpaired) electrons. The van der Waals surface area contributed by atoms with Gasteiger partial charge in [-0.25, -0.2) is 4.79 Å². The molecule has 1 saturated carbocycles. The quantitative estimate of drug-likeness (QED) is 0.806. The lowest BCUT2D eigenvalue weighted by atomic mass is 9.67. The molecule has 3 heteroatoms. The number of alkyl carbamates (subject to hydrolysis) is 1. The van der Waals surface area contributed by atoms with Crippen LogP contribution in [-0.2, 0) is 4.74 Å². The van der Waals surface area contributed by atoms with Gasteiger partial charge in [-0.15, -0.1) is 0 Å². The predicted molar refractivity (Wildman–Crippen MR) is 74.6 cm³/mol. The van der Waals surface area contributed by atoms with Crippen molar-refractivity contribution in [3.63, 3.8) is 0 Å². The number of carbonyl (C=O) groups excluding carboxylic acids is 1. The van der Waals surface area contributed by atoms with Crippen molar-refractivity contribution in [1.29, 1.82) is 0 Å². The van der Waals surface area contributed by atoms with Gasteiger partial charge in [-0.2, -0.15) is 0 Å². The molecule has 0 aliphatic heterocycles. The van der Waals surface area contributed by atoms with Crippen LogP contribution in [0.4, 0.5) is 4.79 Å². The molecular formula is C15H29NO2. The predicted octanol–water partition coefficient (Wildman–Crippen LogP) is 4.12. The van der Waals surface area contributed by atoms with Crippen molar-refractivity contribution >= 4 is 6.09 Å². The number of carbonyl (C=O) groups is 1. The molecule has 0 aromatic heterocycles. The Morgan fingerprint density at radius 3 is 2.17 bits per heavy atom. The number of ether oxygens (including phenoxy) is 1. The van der Waals surface area contributed by atoms with E-state index in [2.05, 4.69) is 26.1 Å². The number of rotatable bonds is 2. The summed E-state index contributed by atoms with van der Waals surface area (Å²) in [5, 5.41) is 2.99. The van der Waals surface area contributed by atoms with Gasteiger partial charge < -0.3 is 10.1 Å². The fourth-order valence-corrected chi connectivity index (χ4v) is 2.47. The Kier molecular flexibility index (Phi) is 4.68. The Hall–Kier alpha value is -0.730. The van der Waals surface area contributed by atoms with Gasteiger partial charge in [0.05, 0.1) is 0 Å². The third-order valence-corrected chi connectivity index (χ3v) is 4.24. The van der Waals surface area contributed by atoms with E-state index in [1.807, 2.05) is 20.8 Å². The molecule has 3 nitrogen and oxygen atoms in total. The van der Waals surface area contributed by atoms with Gasteiger partial charge in [-0.1, -0.05) is 20.8 Å². The summed E-state index contributed by atoms with van der Waals surface area (Å²) >= 11 is 0. The Balaban J connectivity index is 2.38. The van der Waals surface area contributed by atoms with E-state index in [4.69, 9.17) is 4.74 Å². The fraction of sp³-hybridized carbons (Fsp3) is 0.933. The summed E-state index contributed by atoms with van der Waals surface area (Å²) in [4.78, 5) is 11.7. The molecule has 1 aliphatic rings. The molecule has 1 amide bonds. The van der Waals surface area contributed by atoms with Gasteiger partial charge in [0.2, 0.25) is 0 Å². The number of hydrogen-bond donors (Lipinski definition) is 1. The maximum atomic E-state index is 11.7. The second kappa shape index (κ2) is 5.50. The summed E-state index contributed by atoms with van der Waals surface area (Å²) in [7, 11) is 0. The van der Waals surface area contributed by atoms with Crippen molar-refractivity contribution in [1.82, 2.24) is 5.32 Å². The Morgan fingerprint density at radius 1 is 1.28 bits per heavy atom. The van der Waals surface area contributed by atoms with E-state index in [1.165, 1.54) is 12.8 Å². The Bertz CT molecular complexity index is 283. The molecule has 1 N–H and O–H groups in total.